The average Bonchev–Trinajstić information content (AvgIpc) is 3.10. The Kier molecular flexibility index (Phi) is 5.25. The number of nitrogens with one attached hydrogen (secondary N) is 1. The molecule has 0 fully saturated rings. The van der Waals surface area contributed by atoms with E-state index in [1.165, 1.54) is 42.9 Å². The summed E-state index contributed by atoms with van der Waals surface area (Å²) in [6.45, 7) is 0. The standard InChI is InChI=1S/C16H12BrN5O5S/c1-28(26,27)13-6-11(17)5-12(7-13)20-16(23)10-8-19-21(9-10)15-14(22(24)25)3-2-4-18-15/h2-9H,1H3,(H,20,23). The van der Waals surface area contributed by atoms with Gasteiger partial charge in [0.15, 0.2) is 9.84 Å². The number of carbonyl (C=O) groups excluding carboxylic acids is 1. The average molecular weight is 466 g/mol. The second-order valence-electron chi connectivity index (χ2n) is 5.68. The Labute approximate surface area is 167 Å². The third kappa shape index (κ3) is 4.23. The highest BCUT2D eigenvalue weighted by molar-refractivity contribution is 9.10. The number of nitro groups is 1. The summed E-state index contributed by atoms with van der Waals surface area (Å²) in [5.74, 6) is -0.601. The van der Waals surface area contributed by atoms with Crippen LogP contribution in [0, 0.1) is 10.1 Å². The molecule has 12 heteroatoms. The summed E-state index contributed by atoms with van der Waals surface area (Å²) in [7, 11) is -3.46. The van der Waals surface area contributed by atoms with Gasteiger partial charge in [-0.05, 0) is 24.3 Å². The van der Waals surface area contributed by atoms with Gasteiger partial charge in [-0.15, -0.1) is 0 Å². The van der Waals surface area contributed by atoms with E-state index >= 15 is 0 Å². The van der Waals surface area contributed by atoms with Gasteiger partial charge in [0.1, 0.15) is 0 Å². The lowest BCUT2D eigenvalue weighted by Crippen LogP contribution is -2.12. The number of amides is 1. The van der Waals surface area contributed by atoms with Crippen LogP contribution in [-0.2, 0) is 9.84 Å². The molecule has 0 saturated carbocycles. The number of hydrogen-bond acceptors (Lipinski definition) is 7. The highest BCUT2D eigenvalue weighted by Crippen LogP contribution is 2.24. The van der Waals surface area contributed by atoms with Gasteiger partial charge < -0.3 is 5.32 Å². The van der Waals surface area contributed by atoms with Gasteiger partial charge in [-0.25, -0.2) is 18.1 Å². The number of carbonyl (C=O) groups is 1. The molecule has 3 aromatic rings. The molecule has 3 rings (SSSR count). The van der Waals surface area contributed by atoms with E-state index in [1.807, 2.05) is 0 Å². The predicted octanol–water partition coefficient (Wildman–Crippen LogP) is 2.59. The molecular weight excluding hydrogens is 454 g/mol. The zero-order chi connectivity index (χ0) is 20.5. The molecule has 1 amide bonds. The van der Waals surface area contributed by atoms with Gasteiger partial charge in [-0.2, -0.15) is 5.10 Å². The number of nitrogens with zero attached hydrogens (tertiary/aromatic N) is 4. The van der Waals surface area contributed by atoms with Crippen LogP contribution in [0.4, 0.5) is 11.4 Å². The molecule has 0 saturated heterocycles. The van der Waals surface area contributed by atoms with E-state index in [-0.39, 0.29) is 27.7 Å². The fourth-order valence-electron chi connectivity index (χ4n) is 2.32. The first kappa shape index (κ1) is 19.6. The van der Waals surface area contributed by atoms with Crippen LogP contribution in [0.5, 0.6) is 0 Å². The molecule has 0 aliphatic heterocycles. The van der Waals surface area contributed by atoms with E-state index < -0.39 is 20.7 Å². The van der Waals surface area contributed by atoms with Crippen LogP contribution in [0.25, 0.3) is 5.82 Å². The maximum Gasteiger partial charge on any atom is 0.313 e. The Bertz CT molecular complexity index is 1190. The summed E-state index contributed by atoms with van der Waals surface area (Å²) < 4.78 is 25.1. The number of pyridine rings is 1. The summed E-state index contributed by atoms with van der Waals surface area (Å²) in [4.78, 5) is 27.0. The number of aromatic nitrogens is 3. The summed E-state index contributed by atoms with van der Waals surface area (Å²) in [5.41, 5.74) is 0.111. The fourth-order valence-corrected chi connectivity index (χ4v) is 3.64. The lowest BCUT2D eigenvalue weighted by molar-refractivity contribution is -0.384. The molecule has 1 N–H and O–H groups in total. The first-order chi connectivity index (χ1) is 13.1. The molecule has 0 spiro atoms. The van der Waals surface area contributed by atoms with Crippen LogP contribution < -0.4 is 5.32 Å². The van der Waals surface area contributed by atoms with Gasteiger partial charge in [0.25, 0.3) is 5.91 Å². The fraction of sp³-hybridized carbons (Fsp3) is 0.0625. The van der Waals surface area contributed by atoms with Crippen LogP contribution in [0.2, 0.25) is 0 Å². The third-order valence-electron chi connectivity index (χ3n) is 3.58. The van der Waals surface area contributed by atoms with E-state index in [0.717, 1.165) is 10.9 Å². The Morgan fingerprint density at radius 3 is 2.75 bits per heavy atom. The van der Waals surface area contributed by atoms with E-state index in [1.54, 1.807) is 6.07 Å². The van der Waals surface area contributed by atoms with E-state index in [2.05, 4.69) is 31.3 Å². The van der Waals surface area contributed by atoms with Crippen molar-refractivity contribution in [3.63, 3.8) is 0 Å². The molecule has 10 nitrogen and oxygen atoms in total. The SMILES string of the molecule is CS(=O)(=O)c1cc(Br)cc(NC(=O)c2cnn(-c3ncccc3[N+](=O)[O-])c2)c1. The Balaban J connectivity index is 1.89. The lowest BCUT2D eigenvalue weighted by atomic mass is 10.3. The topological polar surface area (TPSA) is 137 Å². The molecule has 144 valence electrons. The van der Waals surface area contributed by atoms with Crippen molar-refractivity contribution in [1.29, 1.82) is 0 Å². The van der Waals surface area contributed by atoms with Crippen molar-refractivity contribution in [2.75, 3.05) is 11.6 Å². The summed E-state index contributed by atoms with van der Waals surface area (Å²) >= 11 is 3.20. The third-order valence-corrected chi connectivity index (χ3v) is 5.13. The van der Waals surface area contributed by atoms with Gasteiger partial charge in [0.2, 0.25) is 5.82 Å². The number of sulfone groups is 1. The van der Waals surface area contributed by atoms with Gasteiger partial charge in [-0.1, -0.05) is 15.9 Å². The minimum absolute atomic E-state index is 0.0339. The maximum absolute atomic E-state index is 12.5. The quantitative estimate of drug-likeness (QED) is 0.451. The summed E-state index contributed by atoms with van der Waals surface area (Å²) in [6.07, 6.45) is 4.95. The smallest absolute Gasteiger partial charge is 0.313 e. The van der Waals surface area contributed by atoms with E-state index in [4.69, 9.17) is 0 Å². The van der Waals surface area contributed by atoms with Crippen LogP contribution in [0.1, 0.15) is 10.4 Å². The molecule has 0 bridgehead atoms. The molecule has 0 aliphatic carbocycles. The van der Waals surface area contributed by atoms with Crippen LogP contribution in [0.15, 0.2) is 58.3 Å². The van der Waals surface area contributed by atoms with Crippen molar-refractivity contribution >= 4 is 43.0 Å². The Hall–Kier alpha value is -3.12. The molecule has 0 unspecified atom stereocenters. The van der Waals surface area contributed by atoms with Crippen molar-refractivity contribution in [2.45, 2.75) is 4.90 Å². The van der Waals surface area contributed by atoms with Crippen molar-refractivity contribution < 1.29 is 18.1 Å². The van der Waals surface area contributed by atoms with Crippen LogP contribution >= 0.6 is 15.9 Å². The van der Waals surface area contributed by atoms with Gasteiger partial charge in [0, 0.05) is 34.9 Å². The first-order valence-corrected chi connectivity index (χ1v) is 10.3. The zero-order valence-corrected chi connectivity index (χ0v) is 16.6. The van der Waals surface area contributed by atoms with Crippen molar-refractivity contribution in [3.8, 4) is 5.82 Å². The summed E-state index contributed by atoms with van der Waals surface area (Å²) in [5, 5.41) is 17.6. The minimum atomic E-state index is -3.46. The molecule has 0 aliphatic rings. The van der Waals surface area contributed by atoms with Crippen LogP contribution in [0.3, 0.4) is 0 Å². The van der Waals surface area contributed by atoms with Gasteiger partial charge in [-0.3, -0.25) is 14.9 Å². The number of halogens is 1. The highest BCUT2D eigenvalue weighted by Gasteiger charge is 2.19. The van der Waals surface area contributed by atoms with Crippen molar-refractivity contribution in [1.82, 2.24) is 14.8 Å². The number of hydrogen-bond donors (Lipinski definition) is 1. The van der Waals surface area contributed by atoms with Gasteiger partial charge >= 0.3 is 5.69 Å². The molecule has 2 aromatic heterocycles. The highest BCUT2D eigenvalue weighted by atomic mass is 79.9. The zero-order valence-electron chi connectivity index (χ0n) is 14.2. The first-order valence-electron chi connectivity index (χ1n) is 7.61. The second kappa shape index (κ2) is 7.48. The van der Waals surface area contributed by atoms with Crippen LogP contribution in [-0.4, -0.2) is 40.3 Å². The molecule has 0 atom stereocenters. The molecule has 0 radical (unpaired) electrons. The molecule has 2 heterocycles. The molecule has 28 heavy (non-hydrogen) atoms. The van der Waals surface area contributed by atoms with E-state index in [0.29, 0.717) is 4.47 Å². The lowest BCUT2D eigenvalue weighted by Gasteiger charge is -2.07. The predicted molar refractivity (Wildman–Crippen MR) is 103 cm³/mol. The van der Waals surface area contributed by atoms with Crippen molar-refractivity contribution in [2.24, 2.45) is 0 Å². The normalized spacial score (nSPS) is 11.2. The largest absolute Gasteiger partial charge is 0.322 e. The van der Waals surface area contributed by atoms with E-state index in [9.17, 15) is 23.3 Å². The minimum Gasteiger partial charge on any atom is -0.322 e. The Morgan fingerprint density at radius 1 is 1.32 bits per heavy atom. The van der Waals surface area contributed by atoms with Gasteiger partial charge in [0.05, 0.1) is 21.6 Å². The monoisotopic (exact) mass is 465 g/mol. The number of rotatable bonds is 5. The Morgan fingerprint density at radius 2 is 2.07 bits per heavy atom. The summed E-state index contributed by atoms with van der Waals surface area (Å²) in [6, 6.07) is 6.99. The second-order valence-corrected chi connectivity index (χ2v) is 8.61. The molecule has 1 aromatic carbocycles. The number of anilines is 1. The number of benzene rings is 1. The molecular formula is C16H12BrN5O5S. The van der Waals surface area contributed by atoms with Crippen molar-refractivity contribution in [3.05, 3.63) is 69.1 Å². The maximum atomic E-state index is 12.5.